The number of hydrogen-bond acceptors (Lipinski definition) is 2. The fourth-order valence-corrected chi connectivity index (χ4v) is 2.58. The largest absolute Gasteiger partial charge is 0.330 e. The third kappa shape index (κ3) is 2.51. The third-order valence-electron chi connectivity index (χ3n) is 3.33. The van der Waals surface area contributed by atoms with E-state index in [-0.39, 0.29) is 5.91 Å². The lowest BCUT2D eigenvalue weighted by Gasteiger charge is -2.15. The molecule has 3 nitrogen and oxygen atoms in total. The second kappa shape index (κ2) is 5.43. The predicted molar refractivity (Wildman–Crippen MR) is 78.7 cm³/mol. The zero-order valence-corrected chi connectivity index (χ0v) is 12.1. The van der Waals surface area contributed by atoms with Gasteiger partial charge in [0.25, 0.3) is 5.91 Å². The minimum Gasteiger partial charge on any atom is -0.330 e. The van der Waals surface area contributed by atoms with Crippen molar-refractivity contribution in [2.24, 2.45) is 0 Å². The minimum atomic E-state index is -0.668. The second-order valence-electron chi connectivity index (χ2n) is 4.71. The van der Waals surface area contributed by atoms with E-state index in [1.54, 1.807) is 11.1 Å². The maximum Gasteiger partial charge on any atom is 0.256 e. The normalized spacial score (nSPS) is 13.9. The van der Waals surface area contributed by atoms with Crippen molar-refractivity contribution in [2.45, 2.75) is 17.9 Å². The summed E-state index contributed by atoms with van der Waals surface area (Å²) in [4.78, 5) is 17.6. The van der Waals surface area contributed by atoms with E-state index in [0.29, 0.717) is 24.3 Å². The Balaban J connectivity index is 1.83. The summed E-state index contributed by atoms with van der Waals surface area (Å²) >= 11 is 11.6. The van der Waals surface area contributed by atoms with Gasteiger partial charge < -0.3 is 4.90 Å². The number of amides is 1. The van der Waals surface area contributed by atoms with Crippen LogP contribution >= 0.6 is 23.2 Å². The van der Waals surface area contributed by atoms with Crippen LogP contribution in [0, 0.1) is 0 Å². The summed E-state index contributed by atoms with van der Waals surface area (Å²) in [5.74, 6) is 0.00333. The first-order chi connectivity index (χ1) is 9.65. The van der Waals surface area contributed by atoms with Crippen molar-refractivity contribution in [3.8, 4) is 0 Å². The van der Waals surface area contributed by atoms with Gasteiger partial charge in [-0.15, -0.1) is 0 Å². The minimum absolute atomic E-state index is 0.00333. The van der Waals surface area contributed by atoms with Crippen molar-refractivity contribution in [1.29, 1.82) is 0 Å². The highest BCUT2D eigenvalue weighted by Crippen LogP contribution is 2.29. The molecule has 0 N–H and O–H groups in total. The number of carbonyl (C=O) groups excluding carboxylic acids is 1. The molecule has 0 aliphatic carbocycles. The van der Waals surface area contributed by atoms with Crippen molar-refractivity contribution in [2.75, 3.05) is 0 Å². The quantitative estimate of drug-likeness (QED) is 0.810. The van der Waals surface area contributed by atoms with Crippen molar-refractivity contribution >= 4 is 29.1 Å². The Morgan fingerprint density at radius 1 is 1.25 bits per heavy atom. The second-order valence-corrected chi connectivity index (χ2v) is 5.81. The SMILES string of the molecule is O=C1c2cnc(C(Cl)Cl)cc2CN1Cc1ccccc1. The van der Waals surface area contributed by atoms with Crippen molar-refractivity contribution < 1.29 is 4.79 Å². The van der Waals surface area contributed by atoms with Crippen LogP contribution in [-0.4, -0.2) is 15.8 Å². The number of hydrogen-bond donors (Lipinski definition) is 0. The van der Waals surface area contributed by atoms with Crippen LogP contribution in [-0.2, 0) is 13.1 Å². The molecule has 0 saturated heterocycles. The molecular weight excluding hydrogens is 295 g/mol. The van der Waals surface area contributed by atoms with Crippen molar-refractivity contribution in [3.63, 3.8) is 0 Å². The summed E-state index contributed by atoms with van der Waals surface area (Å²) in [6.45, 7) is 1.16. The average Bonchev–Trinajstić information content (AvgIpc) is 2.76. The van der Waals surface area contributed by atoms with Crippen LogP contribution in [0.25, 0.3) is 0 Å². The van der Waals surface area contributed by atoms with Crippen LogP contribution in [0.2, 0.25) is 0 Å². The van der Waals surface area contributed by atoms with Gasteiger partial charge >= 0.3 is 0 Å². The molecule has 0 bridgehead atoms. The van der Waals surface area contributed by atoms with Crippen LogP contribution in [0.3, 0.4) is 0 Å². The van der Waals surface area contributed by atoms with Crippen molar-refractivity contribution in [1.82, 2.24) is 9.88 Å². The fraction of sp³-hybridized carbons (Fsp3) is 0.200. The zero-order valence-electron chi connectivity index (χ0n) is 10.6. The first kappa shape index (κ1) is 13.4. The fourth-order valence-electron chi connectivity index (χ4n) is 2.34. The van der Waals surface area contributed by atoms with Gasteiger partial charge in [0, 0.05) is 19.3 Å². The van der Waals surface area contributed by atoms with Crippen molar-refractivity contribution in [3.05, 3.63) is 65.0 Å². The number of pyridine rings is 1. The lowest BCUT2D eigenvalue weighted by Crippen LogP contribution is -2.23. The van der Waals surface area contributed by atoms with Crippen LogP contribution < -0.4 is 0 Å². The molecule has 0 fully saturated rings. The summed E-state index contributed by atoms with van der Waals surface area (Å²) in [5, 5.41) is 0. The number of fused-ring (bicyclic) bond motifs is 1. The van der Waals surface area contributed by atoms with Gasteiger partial charge in [0.1, 0.15) is 4.84 Å². The Morgan fingerprint density at radius 3 is 2.70 bits per heavy atom. The Kier molecular flexibility index (Phi) is 3.64. The molecule has 0 saturated carbocycles. The Bertz CT molecular complexity index is 644. The molecule has 1 aliphatic heterocycles. The van der Waals surface area contributed by atoms with Gasteiger partial charge in [-0.1, -0.05) is 53.5 Å². The Hall–Kier alpha value is -1.58. The highest BCUT2D eigenvalue weighted by atomic mass is 35.5. The van der Waals surface area contributed by atoms with E-state index in [0.717, 1.165) is 11.1 Å². The molecule has 3 rings (SSSR count). The van der Waals surface area contributed by atoms with Gasteiger partial charge in [0.05, 0.1) is 11.3 Å². The number of halogens is 2. The van der Waals surface area contributed by atoms with Crippen LogP contribution in [0.5, 0.6) is 0 Å². The summed E-state index contributed by atoms with van der Waals surface area (Å²) in [5.41, 5.74) is 3.26. The summed E-state index contributed by atoms with van der Waals surface area (Å²) < 4.78 is 0. The molecule has 1 amide bonds. The molecule has 20 heavy (non-hydrogen) atoms. The standard InChI is InChI=1S/C15H12Cl2N2O/c16-14(17)13-6-11-9-19(15(20)12(11)7-18-13)8-10-4-2-1-3-5-10/h1-7,14H,8-9H2. The maximum absolute atomic E-state index is 12.3. The maximum atomic E-state index is 12.3. The highest BCUT2D eigenvalue weighted by molar-refractivity contribution is 6.43. The van der Waals surface area contributed by atoms with Gasteiger partial charge in [0.2, 0.25) is 0 Å². The molecule has 0 spiro atoms. The zero-order chi connectivity index (χ0) is 14.1. The topological polar surface area (TPSA) is 33.2 Å². The van der Waals surface area contributed by atoms with Gasteiger partial charge in [-0.2, -0.15) is 0 Å². The molecule has 1 aliphatic rings. The molecule has 2 heterocycles. The van der Waals surface area contributed by atoms with E-state index < -0.39 is 4.84 Å². The monoisotopic (exact) mass is 306 g/mol. The van der Waals surface area contributed by atoms with E-state index in [2.05, 4.69) is 4.98 Å². The lowest BCUT2D eigenvalue weighted by atomic mass is 10.1. The summed E-state index contributed by atoms with van der Waals surface area (Å²) in [6, 6.07) is 11.7. The van der Waals surface area contributed by atoms with Gasteiger partial charge in [-0.25, -0.2) is 0 Å². The molecule has 102 valence electrons. The molecule has 0 unspecified atom stereocenters. The number of alkyl halides is 2. The van der Waals surface area contributed by atoms with E-state index in [1.807, 2.05) is 36.4 Å². The van der Waals surface area contributed by atoms with Gasteiger partial charge in [-0.3, -0.25) is 9.78 Å². The number of nitrogens with zero attached hydrogens (tertiary/aromatic N) is 2. The average molecular weight is 307 g/mol. The Morgan fingerprint density at radius 2 is 2.00 bits per heavy atom. The van der Waals surface area contributed by atoms with E-state index in [9.17, 15) is 4.79 Å². The summed E-state index contributed by atoms with van der Waals surface area (Å²) in [6.07, 6.45) is 1.57. The molecule has 2 aromatic rings. The number of rotatable bonds is 3. The molecule has 1 aromatic heterocycles. The smallest absolute Gasteiger partial charge is 0.256 e. The molecule has 5 heteroatoms. The number of aromatic nitrogens is 1. The molecule has 0 atom stereocenters. The predicted octanol–water partition coefficient (Wildman–Crippen LogP) is 3.71. The highest BCUT2D eigenvalue weighted by Gasteiger charge is 2.28. The number of benzene rings is 1. The molecule has 1 aromatic carbocycles. The molecular formula is C15H12Cl2N2O. The molecule has 0 radical (unpaired) electrons. The van der Waals surface area contributed by atoms with Gasteiger partial charge in [-0.05, 0) is 17.2 Å². The van der Waals surface area contributed by atoms with E-state index in [1.165, 1.54) is 0 Å². The lowest BCUT2D eigenvalue weighted by molar-refractivity contribution is 0.0766. The number of carbonyl (C=O) groups is 1. The van der Waals surface area contributed by atoms with Crippen LogP contribution in [0.1, 0.15) is 32.0 Å². The van der Waals surface area contributed by atoms with Crippen LogP contribution in [0.4, 0.5) is 0 Å². The first-order valence-corrected chi connectivity index (χ1v) is 7.12. The summed E-state index contributed by atoms with van der Waals surface area (Å²) in [7, 11) is 0. The van der Waals surface area contributed by atoms with Gasteiger partial charge in [0.15, 0.2) is 0 Å². The van der Waals surface area contributed by atoms with E-state index >= 15 is 0 Å². The van der Waals surface area contributed by atoms with E-state index in [4.69, 9.17) is 23.2 Å². The third-order valence-corrected chi connectivity index (χ3v) is 3.78. The Labute approximate surface area is 127 Å². The first-order valence-electron chi connectivity index (χ1n) is 6.25. The van der Waals surface area contributed by atoms with Crippen LogP contribution in [0.15, 0.2) is 42.6 Å².